The quantitative estimate of drug-likeness (QED) is 0.351. The van der Waals surface area contributed by atoms with Crippen LogP contribution in [0.5, 0.6) is 0 Å². The van der Waals surface area contributed by atoms with Crippen LogP contribution in [0.3, 0.4) is 0 Å². The molecule has 2 aromatic carbocycles. The molecule has 0 amide bonds. The first kappa shape index (κ1) is 22.6. The smallest absolute Gasteiger partial charge is 0.263 e. The van der Waals surface area contributed by atoms with E-state index >= 15 is 0 Å². The molecule has 5 aromatic rings. The molecule has 9 nitrogen and oxygen atoms in total. The van der Waals surface area contributed by atoms with Crippen LogP contribution >= 0.6 is 0 Å². The normalized spacial score (nSPS) is 11.7. The van der Waals surface area contributed by atoms with E-state index in [1.807, 2.05) is 61.5 Å². The highest BCUT2D eigenvalue weighted by Gasteiger charge is 2.20. The van der Waals surface area contributed by atoms with Gasteiger partial charge in [-0.3, -0.25) is 14.2 Å². The molecule has 0 aliphatic heterocycles. The molecule has 4 N–H and O–H groups in total. The second-order valence-corrected chi connectivity index (χ2v) is 8.23. The van der Waals surface area contributed by atoms with Gasteiger partial charge in [-0.2, -0.15) is 10.2 Å². The van der Waals surface area contributed by atoms with Gasteiger partial charge in [0.1, 0.15) is 17.5 Å². The van der Waals surface area contributed by atoms with E-state index in [1.165, 1.54) is 12.3 Å². The van der Waals surface area contributed by atoms with Gasteiger partial charge in [0, 0.05) is 23.6 Å². The van der Waals surface area contributed by atoms with Crippen LogP contribution in [0.1, 0.15) is 24.2 Å². The molecule has 0 fully saturated rings. The monoisotopic (exact) mass is 475 g/mol. The number of nitrogens with zero attached hydrogens (tertiary/aromatic N) is 4. The lowest BCUT2D eigenvalue weighted by molar-refractivity contribution is 0.772. The summed E-state index contributed by atoms with van der Waals surface area (Å²) in [6.07, 6.45) is 2.96. The zero-order chi connectivity index (χ0) is 25.2. The van der Waals surface area contributed by atoms with Crippen molar-refractivity contribution in [1.82, 2.24) is 19.5 Å². The maximum Gasteiger partial charge on any atom is 0.263 e. The fraction of sp³-hybridized carbons (Fsp3) is 0.0741. The molecule has 0 aliphatic carbocycles. The number of hydrogen-bond acceptors (Lipinski definition) is 7. The molecule has 5 rings (SSSR count). The topological polar surface area (TPSA) is 142 Å². The SMILES string of the molecule is CC(Nc1nc(N)ncc1C#N)c1cc2cccc(-c3ccc(=O)[nH]c3)c2c(=O)n1-c1ccccc1. The van der Waals surface area contributed by atoms with Crippen LogP contribution < -0.4 is 22.2 Å². The molecule has 36 heavy (non-hydrogen) atoms. The highest BCUT2D eigenvalue weighted by atomic mass is 16.1. The van der Waals surface area contributed by atoms with Crippen molar-refractivity contribution in [2.75, 3.05) is 11.1 Å². The number of aromatic nitrogens is 4. The maximum absolute atomic E-state index is 14.1. The Morgan fingerprint density at radius 1 is 1.08 bits per heavy atom. The van der Waals surface area contributed by atoms with Crippen LogP contribution in [0, 0.1) is 11.3 Å². The van der Waals surface area contributed by atoms with E-state index in [4.69, 9.17) is 5.73 Å². The summed E-state index contributed by atoms with van der Waals surface area (Å²) < 4.78 is 1.64. The number of nitrogens with one attached hydrogen (secondary N) is 2. The van der Waals surface area contributed by atoms with Crippen LogP contribution in [0.25, 0.3) is 27.6 Å². The minimum atomic E-state index is -0.430. The van der Waals surface area contributed by atoms with Crippen LogP contribution in [-0.4, -0.2) is 19.5 Å². The van der Waals surface area contributed by atoms with Crippen molar-refractivity contribution >= 4 is 22.5 Å². The van der Waals surface area contributed by atoms with Crippen LogP contribution in [0.4, 0.5) is 11.8 Å². The molecule has 0 saturated carbocycles. The lowest BCUT2D eigenvalue weighted by atomic mass is 9.99. The number of nitrogens with two attached hydrogens (primary N) is 1. The molecule has 9 heteroatoms. The van der Waals surface area contributed by atoms with Crippen LogP contribution in [0.15, 0.2) is 88.7 Å². The summed E-state index contributed by atoms with van der Waals surface area (Å²) in [7, 11) is 0. The lowest BCUT2D eigenvalue weighted by Gasteiger charge is -2.22. The van der Waals surface area contributed by atoms with Gasteiger partial charge in [-0.15, -0.1) is 0 Å². The molecule has 0 saturated heterocycles. The molecule has 1 unspecified atom stereocenters. The number of H-pyrrole nitrogens is 1. The predicted molar refractivity (Wildman–Crippen MR) is 139 cm³/mol. The first-order chi connectivity index (χ1) is 17.5. The number of hydrogen-bond donors (Lipinski definition) is 3. The van der Waals surface area contributed by atoms with Gasteiger partial charge in [-0.25, -0.2) is 4.98 Å². The number of nitrogen functional groups attached to an aromatic ring is 1. The van der Waals surface area contributed by atoms with Crippen molar-refractivity contribution in [3.05, 3.63) is 111 Å². The first-order valence-corrected chi connectivity index (χ1v) is 11.2. The number of pyridine rings is 2. The van der Waals surface area contributed by atoms with E-state index in [2.05, 4.69) is 26.3 Å². The Morgan fingerprint density at radius 2 is 1.89 bits per heavy atom. The van der Waals surface area contributed by atoms with E-state index in [1.54, 1.807) is 16.8 Å². The second-order valence-electron chi connectivity index (χ2n) is 8.23. The van der Waals surface area contributed by atoms with Crippen molar-refractivity contribution in [3.8, 4) is 22.9 Å². The Labute approximate surface area is 205 Å². The lowest BCUT2D eigenvalue weighted by Crippen LogP contribution is -2.26. The second kappa shape index (κ2) is 9.19. The molecule has 3 aromatic heterocycles. The Balaban J connectivity index is 1.75. The largest absolute Gasteiger partial charge is 0.368 e. The molecule has 176 valence electrons. The number of rotatable bonds is 5. The van der Waals surface area contributed by atoms with Gasteiger partial charge < -0.3 is 16.0 Å². The number of nitriles is 1. The molecule has 0 bridgehead atoms. The Hall–Kier alpha value is -5.23. The fourth-order valence-corrected chi connectivity index (χ4v) is 4.23. The molecule has 0 spiro atoms. The number of para-hydroxylation sites is 1. The summed E-state index contributed by atoms with van der Waals surface area (Å²) in [5.74, 6) is 0.319. The van der Waals surface area contributed by atoms with Crippen LogP contribution in [-0.2, 0) is 0 Å². The van der Waals surface area contributed by atoms with Crippen molar-refractivity contribution < 1.29 is 0 Å². The zero-order valence-corrected chi connectivity index (χ0v) is 19.3. The Kier molecular flexibility index (Phi) is 5.76. The van der Waals surface area contributed by atoms with Gasteiger partial charge in [-0.05, 0) is 47.7 Å². The molecule has 3 heterocycles. The number of fused-ring (bicyclic) bond motifs is 1. The average molecular weight is 476 g/mol. The van der Waals surface area contributed by atoms with Gasteiger partial charge in [-0.1, -0.05) is 36.4 Å². The Morgan fingerprint density at radius 3 is 2.61 bits per heavy atom. The predicted octanol–water partition coefficient (Wildman–Crippen LogP) is 3.76. The third kappa shape index (κ3) is 4.08. The van der Waals surface area contributed by atoms with Crippen molar-refractivity contribution in [1.29, 1.82) is 5.26 Å². The molecular formula is C27H21N7O2. The van der Waals surface area contributed by atoms with E-state index in [-0.39, 0.29) is 28.4 Å². The molecule has 1 atom stereocenters. The standard InChI is InChI=1S/C27H21N7O2/c1-16(32-25-19(13-28)15-31-27(29)33-25)22-12-17-6-5-9-21(18-10-11-23(35)30-14-18)24(17)26(36)34(22)20-7-3-2-4-8-20/h2-12,14-16H,1H3,(H,30,35)(H3,29,31,32,33). The minimum absolute atomic E-state index is 0.0354. The summed E-state index contributed by atoms with van der Waals surface area (Å²) in [6, 6.07) is 21.6. The molecular weight excluding hydrogens is 454 g/mol. The van der Waals surface area contributed by atoms with Crippen LogP contribution in [0.2, 0.25) is 0 Å². The summed E-state index contributed by atoms with van der Waals surface area (Å²) in [6.45, 7) is 1.88. The molecule has 0 radical (unpaired) electrons. The summed E-state index contributed by atoms with van der Waals surface area (Å²) in [5.41, 5.74) is 8.35. The van der Waals surface area contributed by atoms with Gasteiger partial charge in [0.2, 0.25) is 11.5 Å². The van der Waals surface area contributed by atoms with Gasteiger partial charge in [0.15, 0.2) is 0 Å². The highest BCUT2D eigenvalue weighted by Crippen LogP contribution is 2.30. The van der Waals surface area contributed by atoms with Gasteiger partial charge in [0.05, 0.1) is 17.6 Å². The van der Waals surface area contributed by atoms with Crippen molar-refractivity contribution in [2.45, 2.75) is 13.0 Å². The summed E-state index contributed by atoms with van der Waals surface area (Å²) >= 11 is 0. The van der Waals surface area contributed by atoms with Crippen molar-refractivity contribution in [2.24, 2.45) is 0 Å². The zero-order valence-electron chi connectivity index (χ0n) is 19.3. The third-order valence-electron chi connectivity index (χ3n) is 5.91. The van der Waals surface area contributed by atoms with E-state index in [9.17, 15) is 14.9 Å². The maximum atomic E-state index is 14.1. The highest BCUT2D eigenvalue weighted by molar-refractivity contribution is 5.96. The first-order valence-electron chi connectivity index (χ1n) is 11.2. The minimum Gasteiger partial charge on any atom is -0.368 e. The molecule has 0 aliphatic rings. The number of benzene rings is 2. The van der Waals surface area contributed by atoms with Crippen molar-refractivity contribution in [3.63, 3.8) is 0 Å². The van der Waals surface area contributed by atoms with E-state index in [0.29, 0.717) is 22.3 Å². The average Bonchev–Trinajstić information content (AvgIpc) is 2.89. The number of anilines is 2. The fourth-order valence-electron chi connectivity index (χ4n) is 4.23. The third-order valence-corrected chi connectivity index (χ3v) is 5.91. The number of aromatic amines is 1. The van der Waals surface area contributed by atoms with E-state index in [0.717, 1.165) is 10.9 Å². The van der Waals surface area contributed by atoms with Gasteiger partial charge in [0.25, 0.3) is 5.56 Å². The summed E-state index contributed by atoms with van der Waals surface area (Å²) in [5, 5.41) is 14.0. The van der Waals surface area contributed by atoms with Gasteiger partial charge >= 0.3 is 0 Å². The summed E-state index contributed by atoms with van der Waals surface area (Å²) in [4.78, 5) is 36.4. The Bertz CT molecular complexity index is 1730. The van der Waals surface area contributed by atoms with E-state index < -0.39 is 6.04 Å².